The molecule has 1 aliphatic rings. The topological polar surface area (TPSA) is 137 Å². The van der Waals surface area contributed by atoms with E-state index in [0.29, 0.717) is 11.1 Å². The molecule has 2 aromatic rings. The first kappa shape index (κ1) is 19.7. The second-order valence-electron chi connectivity index (χ2n) is 5.96. The lowest BCUT2D eigenvalue weighted by Gasteiger charge is -2.24. The first-order chi connectivity index (χ1) is 13.9. The molecule has 0 N–H and O–H groups in total. The van der Waals surface area contributed by atoms with Gasteiger partial charge in [-0.1, -0.05) is 5.16 Å². The number of esters is 1. The van der Waals surface area contributed by atoms with Crippen LogP contribution in [0.2, 0.25) is 0 Å². The first-order valence-corrected chi connectivity index (χ1v) is 8.56. The highest BCUT2D eigenvalue weighted by atomic mass is 16.7. The first-order valence-electron chi connectivity index (χ1n) is 8.56. The van der Waals surface area contributed by atoms with Gasteiger partial charge in [0.25, 0.3) is 11.4 Å². The van der Waals surface area contributed by atoms with Gasteiger partial charge < -0.3 is 14.5 Å². The number of non-ortho nitro benzene ring substituents is 2. The number of hydrogen-bond acceptors (Lipinski definition) is 9. The van der Waals surface area contributed by atoms with E-state index in [1.165, 1.54) is 53.4 Å². The van der Waals surface area contributed by atoms with Crippen LogP contribution in [0.1, 0.15) is 24.3 Å². The standard InChI is InChI=1S/C18H16N4O7/c1-2-28-16(23)11-20-17(12-3-7-14(8-4-12)21(24)25)19-29-18(20)13-5-9-15(10-6-13)22(26)27/h3-10,18H,2,11H2,1H3. The zero-order valence-corrected chi connectivity index (χ0v) is 15.3. The average molecular weight is 400 g/mol. The van der Waals surface area contributed by atoms with E-state index in [-0.39, 0.29) is 30.4 Å². The maximum absolute atomic E-state index is 12.1. The monoisotopic (exact) mass is 400 g/mol. The molecule has 11 heteroatoms. The Bertz CT molecular complexity index is 957. The molecular formula is C18H16N4O7. The van der Waals surface area contributed by atoms with Crippen LogP contribution in [0.3, 0.4) is 0 Å². The largest absolute Gasteiger partial charge is 0.465 e. The number of carbonyl (C=O) groups is 1. The fraction of sp³-hybridized carbons (Fsp3) is 0.222. The number of ether oxygens (including phenoxy) is 1. The summed E-state index contributed by atoms with van der Waals surface area (Å²) in [5.74, 6) is -0.226. The van der Waals surface area contributed by atoms with Crippen LogP contribution in [0.15, 0.2) is 53.7 Å². The Hall–Kier alpha value is -4.02. The van der Waals surface area contributed by atoms with Crippen molar-refractivity contribution in [1.29, 1.82) is 0 Å². The van der Waals surface area contributed by atoms with Gasteiger partial charge in [-0.05, 0) is 31.2 Å². The third-order valence-corrected chi connectivity index (χ3v) is 4.12. The Morgan fingerprint density at radius 2 is 1.62 bits per heavy atom. The lowest BCUT2D eigenvalue weighted by molar-refractivity contribution is -0.385. The second-order valence-corrected chi connectivity index (χ2v) is 5.96. The molecule has 3 rings (SSSR count). The Balaban J connectivity index is 1.90. The van der Waals surface area contributed by atoms with Gasteiger partial charge in [0.05, 0.1) is 16.5 Å². The van der Waals surface area contributed by atoms with E-state index in [4.69, 9.17) is 9.57 Å². The van der Waals surface area contributed by atoms with E-state index >= 15 is 0 Å². The summed E-state index contributed by atoms with van der Waals surface area (Å²) >= 11 is 0. The van der Waals surface area contributed by atoms with Crippen molar-refractivity contribution in [3.63, 3.8) is 0 Å². The molecule has 0 bridgehead atoms. The van der Waals surface area contributed by atoms with Crippen LogP contribution >= 0.6 is 0 Å². The molecule has 1 unspecified atom stereocenters. The van der Waals surface area contributed by atoms with Crippen LogP contribution in [0.4, 0.5) is 11.4 Å². The van der Waals surface area contributed by atoms with Gasteiger partial charge in [-0.3, -0.25) is 25.0 Å². The Morgan fingerprint density at radius 1 is 1.07 bits per heavy atom. The molecule has 0 fully saturated rings. The number of nitrogens with zero attached hydrogens (tertiary/aromatic N) is 4. The molecule has 2 aromatic carbocycles. The highest BCUT2D eigenvalue weighted by molar-refractivity contribution is 6.00. The van der Waals surface area contributed by atoms with E-state index in [1.807, 2.05) is 0 Å². The number of nitro groups is 2. The Morgan fingerprint density at radius 3 is 2.14 bits per heavy atom. The molecule has 0 saturated heterocycles. The molecule has 29 heavy (non-hydrogen) atoms. The molecule has 1 aliphatic heterocycles. The van der Waals surface area contributed by atoms with Crippen molar-refractivity contribution in [2.45, 2.75) is 13.2 Å². The SMILES string of the molecule is CCOC(=O)CN1C(c2ccc([N+](=O)[O-])cc2)=NOC1c1ccc([N+](=O)[O-])cc1. The predicted octanol–water partition coefficient (Wildman–Crippen LogP) is 2.76. The van der Waals surface area contributed by atoms with Gasteiger partial charge in [-0.2, -0.15) is 0 Å². The van der Waals surface area contributed by atoms with Crippen molar-refractivity contribution >= 4 is 23.2 Å². The van der Waals surface area contributed by atoms with Crippen LogP contribution in [0.5, 0.6) is 0 Å². The fourth-order valence-corrected chi connectivity index (χ4v) is 2.78. The Kier molecular flexibility index (Phi) is 5.67. The van der Waals surface area contributed by atoms with Gasteiger partial charge in [0, 0.05) is 35.4 Å². The lowest BCUT2D eigenvalue weighted by atomic mass is 10.1. The molecule has 0 aliphatic carbocycles. The minimum Gasteiger partial charge on any atom is -0.465 e. The quantitative estimate of drug-likeness (QED) is 0.393. The van der Waals surface area contributed by atoms with Crippen LogP contribution in [0, 0.1) is 20.2 Å². The van der Waals surface area contributed by atoms with Gasteiger partial charge in [-0.15, -0.1) is 0 Å². The smallest absolute Gasteiger partial charge is 0.325 e. The maximum Gasteiger partial charge on any atom is 0.325 e. The number of oxime groups is 1. The zero-order valence-electron chi connectivity index (χ0n) is 15.3. The van der Waals surface area contributed by atoms with E-state index in [0.717, 1.165) is 0 Å². The van der Waals surface area contributed by atoms with Crippen LogP contribution in [-0.2, 0) is 14.4 Å². The lowest BCUT2D eigenvalue weighted by Crippen LogP contribution is -2.36. The summed E-state index contributed by atoms with van der Waals surface area (Å²) in [7, 11) is 0. The number of carbonyl (C=O) groups excluding carboxylic acids is 1. The summed E-state index contributed by atoms with van der Waals surface area (Å²) < 4.78 is 5.00. The zero-order chi connectivity index (χ0) is 21.0. The third kappa shape index (κ3) is 4.29. The summed E-state index contributed by atoms with van der Waals surface area (Å²) in [4.78, 5) is 39.8. The van der Waals surface area contributed by atoms with E-state index in [9.17, 15) is 25.0 Å². The van der Waals surface area contributed by atoms with Crippen molar-refractivity contribution in [3.8, 4) is 0 Å². The summed E-state index contributed by atoms with van der Waals surface area (Å²) in [6.07, 6.45) is -0.814. The summed E-state index contributed by atoms with van der Waals surface area (Å²) in [5.41, 5.74) is 0.877. The molecular weight excluding hydrogens is 384 g/mol. The minimum absolute atomic E-state index is 0.0831. The minimum atomic E-state index is -0.814. The molecule has 1 atom stereocenters. The van der Waals surface area contributed by atoms with Gasteiger partial charge >= 0.3 is 5.97 Å². The normalized spacial score (nSPS) is 15.4. The predicted molar refractivity (Wildman–Crippen MR) is 99.9 cm³/mol. The van der Waals surface area contributed by atoms with Gasteiger partial charge in [0.15, 0.2) is 5.84 Å². The fourth-order valence-electron chi connectivity index (χ4n) is 2.78. The molecule has 150 valence electrons. The molecule has 11 nitrogen and oxygen atoms in total. The van der Waals surface area contributed by atoms with E-state index in [1.54, 1.807) is 6.92 Å². The third-order valence-electron chi connectivity index (χ3n) is 4.12. The second kappa shape index (κ2) is 8.33. The van der Waals surface area contributed by atoms with E-state index in [2.05, 4.69) is 5.16 Å². The molecule has 1 heterocycles. The van der Waals surface area contributed by atoms with Crippen molar-refractivity contribution in [1.82, 2.24) is 4.90 Å². The highest BCUT2D eigenvalue weighted by Gasteiger charge is 2.34. The van der Waals surface area contributed by atoms with Crippen molar-refractivity contribution in [2.24, 2.45) is 5.16 Å². The number of nitro benzene ring substituents is 2. The van der Waals surface area contributed by atoms with Crippen LogP contribution in [0.25, 0.3) is 0 Å². The van der Waals surface area contributed by atoms with E-state index < -0.39 is 22.0 Å². The molecule has 0 radical (unpaired) electrons. The van der Waals surface area contributed by atoms with Crippen molar-refractivity contribution in [3.05, 3.63) is 79.9 Å². The van der Waals surface area contributed by atoms with Gasteiger partial charge in [-0.25, -0.2) is 0 Å². The number of rotatable bonds is 7. The van der Waals surface area contributed by atoms with Gasteiger partial charge in [0.2, 0.25) is 6.23 Å². The molecule has 0 amide bonds. The molecule has 0 aromatic heterocycles. The van der Waals surface area contributed by atoms with Crippen LogP contribution in [-0.4, -0.2) is 39.7 Å². The Labute approximate surface area is 164 Å². The highest BCUT2D eigenvalue weighted by Crippen LogP contribution is 2.31. The van der Waals surface area contributed by atoms with Crippen molar-refractivity contribution < 1.29 is 24.2 Å². The molecule has 0 saturated carbocycles. The molecule has 0 spiro atoms. The maximum atomic E-state index is 12.1. The number of benzene rings is 2. The van der Waals surface area contributed by atoms with Crippen LogP contribution < -0.4 is 0 Å². The summed E-state index contributed by atoms with van der Waals surface area (Å²) in [6.45, 7) is 1.68. The summed E-state index contributed by atoms with van der Waals surface area (Å²) in [5, 5.41) is 25.7. The summed E-state index contributed by atoms with van der Waals surface area (Å²) in [6, 6.07) is 11.3. The average Bonchev–Trinajstić information content (AvgIpc) is 3.11. The van der Waals surface area contributed by atoms with Crippen molar-refractivity contribution in [2.75, 3.05) is 13.2 Å². The number of amidine groups is 1. The van der Waals surface area contributed by atoms with Gasteiger partial charge in [0.1, 0.15) is 6.54 Å². The number of hydrogen-bond donors (Lipinski definition) is 0.